The molecule has 4 aromatic rings. The van der Waals surface area contributed by atoms with E-state index in [1.807, 2.05) is 22.9 Å². The number of hydrogen-bond donors (Lipinski definition) is 1. The molecule has 3 aromatic heterocycles. The minimum atomic E-state index is -0.324. The Labute approximate surface area is 173 Å². The summed E-state index contributed by atoms with van der Waals surface area (Å²) < 4.78 is 3.18. The van der Waals surface area contributed by atoms with Crippen LogP contribution in [0.15, 0.2) is 70.7 Å². The maximum atomic E-state index is 13.1. The lowest BCUT2D eigenvalue weighted by Gasteiger charge is -2.13. The number of aromatic hydroxyl groups is 1. The summed E-state index contributed by atoms with van der Waals surface area (Å²) in [7, 11) is 0. The molecule has 0 unspecified atom stereocenters. The van der Waals surface area contributed by atoms with E-state index < -0.39 is 0 Å². The zero-order chi connectivity index (χ0) is 20.5. The van der Waals surface area contributed by atoms with Crippen LogP contribution in [0, 0.1) is 0 Å². The summed E-state index contributed by atoms with van der Waals surface area (Å²) in [4.78, 5) is 21.9. The molecule has 0 radical (unpaired) electrons. The van der Waals surface area contributed by atoms with Crippen LogP contribution >= 0.6 is 0 Å². The topological polar surface area (TPSA) is 85.3 Å². The summed E-state index contributed by atoms with van der Waals surface area (Å²) in [5.74, 6) is 0.908. The van der Waals surface area contributed by atoms with Gasteiger partial charge in [0.15, 0.2) is 5.82 Å². The van der Waals surface area contributed by atoms with E-state index in [0.717, 1.165) is 18.7 Å². The van der Waals surface area contributed by atoms with Gasteiger partial charge >= 0.3 is 0 Å². The van der Waals surface area contributed by atoms with Crippen LogP contribution < -0.4 is 5.56 Å². The molecule has 1 fully saturated rings. The van der Waals surface area contributed by atoms with Crippen LogP contribution in [0.3, 0.4) is 0 Å². The van der Waals surface area contributed by atoms with E-state index in [1.54, 1.807) is 48.9 Å². The summed E-state index contributed by atoms with van der Waals surface area (Å²) >= 11 is 0. The lowest BCUT2D eigenvalue weighted by Crippen LogP contribution is -2.20. The van der Waals surface area contributed by atoms with Gasteiger partial charge in [-0.05, 0) is 31.0 Å². The predicted octanol–water partition coefficient (Wildman–Crippen LogP) is 4.15. The zero-order valence-corrected chi connectivity index (χ0v) is 16.3. The van der Waals surface area contributed by atoms with Crippen molar-refractivity contribution in [1.29, 1.82) is 0 Å². The van der Waals surface area contributed by atoms with E-state index in [-0.39, 0.29) is 11.4 Å². The molecule has 0 atom stereocenters. The number of hydrogen-bond acceptors (Lipinski definition) is 5. The van der Waals surface area contributed by atoms with Crippen LogP contribution in [0.25, 0.3) is 16.6 Å². The van der Waals surface area contributed by atoms with Gasteiger partial charge in [-0.3, -0.25) is 4.79 Å². The molecule has 150 valence electrons. The van der Waals surface area contributed by atoms with Gasteiger partial charge in [-0.2, -0.15) is 5.10 Å². The van der Waals surface area contributed by atoms with Gasteiger partial charge in [-0.1, -0.05) is 37.1 Å². The van der Waals surface area contributed by atoms with E-state index in [1.165, 1.54) is 17.4 Å². The third-order valence-corrected chi connectivity index (χ3v) is 5.63. The molecule has 0 bridgehead atoms. The second-order valence-corrected chi connectivity index (χ2v) is 7.44. The Morgan fingerprint density at radius 3 is 2.53 bits per heavy atom. The van der Waals surface area contributed by atoms with Crippen molar-refractivity contribution < 1.29 is 5.11 Å². The van der Waals surface area contributed by atoms with E-state index in [9.17, 15) is 9.90 Å². The van der Waals surface area contributed by atoms with Gasteiger partial charge in [0, 0.05) is 29.3 Å². The van der Waals surface area contributed by atoms with Crippen LogP contribution in [-0.4, -0.2) is 30.7 Å². The highest BCUT2D eigenvalue weighted by molar-refractivity contribution is 6.02. The normalized spacial score (nSPS) is 14.8. The van der Waals surface area contributed by atoms with Crippen LogP contribution in [0.2, 0.25) is 0 Å². The SMILES string of the molecule is O=c1c2ccccc2c(/C=N/c2ccnn2C2CCCC2)c(O)n1-c1ccccn1. The highest BCUT2D eigenvalue weighted by Crippen LogP contribution is 2.32. The van der Waals surface area contributed by atoms with Crippen molar-refractivity contribution in [3.63, 3.8) is 0 Å². The summed E-state index contributed by atoms with van der Waals surface area (Å²) in [6.07, 6.45) is 9.55. The molecule has 1 aromatic carbocycles. The average Bonchev–Trinajstić information content (AvgIpc) is 3.46. The Balaban J connectivity index is 1.67. The highest BCUT2D eigenvalue weighted by atomic mass is 16.3. The fourth-order valence-electron chi connectivity index (χ4n) is 4.16. The minimum absolute atomic E-state index is 0.187. The van der Waals surface area contributed by atoms with Crippen molar-refractivity contribution in [2.75, 3.05) is 0 Å². The van der Waals surface area contributed by atoms with Crippen molar-refractivity contribution in [1.82, 2.24) is 19.3 Å². The Morgan fingerprint density at radius 2 is 1.77 bits per heavy atom. The third-order valence-electron chi connectivity index (χ3n) is 5.63. The summed E-state index contributed by atoms with van der Waals surface area (Å²) in [5.41, 5.74) is 0.143. The smallest absolute Gasteiger partial charge is 0.267 e. The Bertz CT molecular complexity index is 1280. The largest absolute Gasteiger partial charge is 0.494 e. The molecule has 1 saturated carbocycles. The molecule has 0 saturated heterocycles. The molecule has 1 N–H and O–H groups in total. The average molecular weight is 399 g/mol. The van der Waals surface area contributed by atoms with Gasteiger partial charge in [0.25, 0.3) is 5.56 Å². The third kappa shape index (κ3) is 3.08. The molecule has 5 rings (SSSR count). The summed E-state index contributed by atoms with van der Waals surface area (Å²) in [6.45, 7) is 0. The molecule has 0 amide bonds. The highest BCUT2D eigenvalue weighted by Gasteiger charge is 2.20. The number of fused-ring (bicyclic) bond motifs is 1. The Morgan fingerprint density at radius 1 is 1.00 bits per heavy atom. The quantitative estimate of drug-likeness (QED) is 0.522. The van der Waals surface area contributed by atoms with Crippen LogP contribution in [0.1, 0.15) is 37.3 Å². The molecule has 7 heteroatoms. The molecule has 1 aliphatic rings. The Kier molecular flexibility index (Phi) is 4.63. The lowest BCUT2D eigenvalue weighted by atomic mass is 10.1. The number of aliphatic imine (C=N–C) groups is 1. The number of benzene rings is 1. The summed E-state index contributed by atoms with van der Waals surface area (Å²) in [5, 5.41) is 16.6. The van der Waals surface area contributed by atoms with Crippen LogP contribution in [0.4, 0.5) is 5.82 Å². The molecular formula is C23H21N5O2. The van der Waals surface area contributed by atoms with E-state index in [2.05, 4.69) is 15.1 Å². The first kappa shape index (κ1) is 18.3. The molecule has 30 heavy (non-hydrogen) atoms. The van der Waals surface area contributed by atoms with Gasteiger partial charge in [-0.15, -0.1) is 0 Å². The summed E-state index contributed by atoms with van der Waals surface area (Å²) in [6, 6.07) is 14.7. The van der Waals surface area contributed by atoms with Gasteiger partial charge in [-0.25, -0.2) is 19.2 Å². The lowest BCUT2D eigenvalue weighted by molar-refractivity contribution is 0.435. The molecule has 3 heterocycles. The second-order valence-electron chi connectivity index (χ2n) is 7.44. The van der Waals surface area contributed by atoms with E-state index in [0.29, 0.717) is 28.2 Å². The molecule has 1 aliphatic carbocycles. The van der Waals surface area contributed by atoms with Crippen molar-refractivity contribution in [3.8, 4) is 11.7 Å². The fraction of sp³-hybridized carbons (Fsp3) is 0.217. The van der Waals surface area contributed by atoms with Gasteiger partial charge in [0.2, 0.25) is 5.88 Å². The van der Waals surface area contributed by atoms with Crippen molar-refractivity contribution in [3.05, 3.63) is 76.8 Å². The van der Waals surface area contributed by atoms with E-state index in [4.69, 9.17) is 0 Å². The number of rotatable bonds is 4. The van der Waals surface area contributed by atoms with Crippen LogP contribution in [0.5, 0.6) is 5.88 Å². The first-order valence-corrected chi connectivity index (χ1v) is 10.1. The number of pyridine rings is 2. The first-order chi connectivity index (χ1) is 14.7. The van der Waals surface area contributed by atoms with E-state index >= 15 is 0 Å². The van der Waals surface area contributed by atoms with Gasteiger partial charge < -0.3 is 5.11 Å². The van der Waals surface area contributed by atoms with Crippen molar-refractivity contribution >= 4 is 22.8 Å². The van der Waals surface area contributed by atoms with Gasteiger partial charge in [0.1, 0.15) is 5.82 Å². The van der Waals surface area contributed by atoms with Crippen molar-refractivity contribution in [2.45, 2.75) is 31.7 Å². The fourth-order valence-corrected chi connectivity index (χ4v) is 4.16. The minimum Gasteiger partial charge on any atom is -0.494 e. The van der Waals surface area contributed by atoms with Gasteiger partial charge in [0.05, 0.1) is 17.8 Å². The second kappa shape index (κ2) is 7.59. The maximum absolute atomic E-state index is 13.1. The first-order valence-electron chi connectivity index (χ1n) is 10.1. The van der Waals surface area contributed by atoms with Crippen LogP contribution in [-0.2, 0) is 0 Å². The molecular weight excluding hydrogens is 378 g/mol. The monoisotopic (exact) mass is 399 g/mol. The number of aromatic nitrogens is 4. The predicted molar refractivity (Wildman–Crippen MR) is 116 cm³/mol. The maximum Gasteiger partial charge on any atom is 0.267 e. The Hall–Kier alpha value is -3.74. The molecule has 7 nitrogen and oxygen atoms in total. The van der Waals surface area contributed by atoms with Crippen molar-refractivity contribution in [2.24, 2.45) is 4.99 Å². The molecule has 0 spiro atoms. The molecule has 0 aliphatic heterocycles. The number of nitrogens with zero attached hydrogens (tertiary/aromatic N) is 5. The standard InChI is InChI=1S/C23H21N5O2/c29-22-18-10-4-3-9-17(18)19(23(30)27(22)20-11-5-6-13-24-20)15-25-21-12-14-26-28(21)16-7-1-2-8-16/h3-6,9-16,30H,1-2,7-8H2/b25-15+. The zero-order valence-electron chi connectivity index (χ0n) is 16.3.